The van der Waals surface area contributed by atoms with Crippen LogP contribution in [0.3, 0.4) is 0 Å². The Bertz CT molecular complexity index is 283. The highest BCUT2D eigenvalue weighted by Gasteiger charge is 2.34. The van der Waals surface area contributed by atoms with Crippen molar-refractivity contribution < 1.29 is 9.53 Å². The number of hydrogen-bond donors (Lipinski definition) is 2. The van der Waals surface area contributed by atoms with Gasteiger partial charge in [0.1, 0.15) is 0 Å². The Labute approximate surface area is 103 Å². The van der Waals surface area contributed by atoms with Gasteiger partial charge in [0.25, 0.3) is 0 Å². The summed E-state index contributed by atoms with van der Waals surface area (Å²) < 4.78 is 5.82. The van der Waals surface area contributed by atoms with Crippen molar-refractivity contribution in [2.24, 2.45) is 0 Å². The maximum Gasteiger partial charge on any atom is 0.237 e. The molecule has 2 rings (SSSR count). The summed E-state index contributed by atoms with van der Waals surface area (Å²) in [5, 5.41) is 6.43. The highest BCUT2D eigenvalue weighted by atomic mass is 16.5. The SMILES string of the molecule is CCC1(C)CC(NC2CCCNC2=O)CCO1. The summed E-state index contributed by atoms with van der Waals surface area (Å²) in [6, 6.07) is 0.426. The summed E-state index contributed by atoms with van der Waals surface area (Å²) in [6.45, 7) is 5.96. The first-order valence-electron chi connectivity index (χ1n) is 6.81. The molecule has 0 aromatic carbocycles. The summed E-state index contributed by atoms with van der Waals surface area (Å²) in [4.78, 5) is 11.7. The molecule has 2 heterocycles. The van der Waals surface area contributed by atoms with Crippen molar-refractivity contribution in [3.05, 3.63) is 0 Å². The quantitative estimate of drug-likeness (QED) is 0.779. The first-order valence-corrected chi connectivity index (χ1v) is 6.81. The molecular weight excluding hydrogens is 216 g/mol. The third-order valence-corrected chi connectivity index (χ3v) is 4.07. The fraction of sp³-hybridized carbons (Fsp3) is 0.923. The van der Waals surface area contributed by atoms with E-state index in [2.05, 4.69) is 24.5 Å². The van der Waals surface area contributed by atoms with E-state index in [1.807, 2.05) is 0 Å². The monoisotopic (exact) mass is 240 g/mol. The number of ether oxygens (including phenoxy) is 1. The first kappa shape index (κ1) is 12.8. The van der Waals surface area contributed by atoms with Gasteiger partial charge in [-0.2, -0.15) is 0 Å². The average Bonchev–Trinajstić information content (AvgIpc) is 2.32. The number of rotatable bonds is 3. The second-order valence-corrected chi connectivity index (χ2v) is 5.49. The molecule has 98 valence electrons. The Hall–Kier alpha value is -0.610. The van der Waals surface area contributed by atoms with Crippen molar-refractivity contribution in [3.8, 4) is 0 Å². The topological polar surface area (TPSA) is 50.4 Å². The normalized spacial score (nSPS) is 38.8. The fourth-order valence-corrected chi connectivity index (χ4v) is 2.73. The van der Waals surface area contributed by atoms with Gasteiger partial charge < -0.3 is 15.4 Å². The second kappa shape index (κ2) is 5.36. The molecule has 4 nitrogen and oxygen atoms in total. The molecule has 0 radical (unpaired) electrons. The summed E-state index contributed by atoms with van der Waals surface area (Å²) >= 11 is 0. The van der Waals surface area contributed by atoms with Crippen LogP contribution >= 0.6 is 0 Å². The molecule has 2 aliphatic rings. The Kier molecular flexibility index (Phi) is 4.05. The summed E-state index contributed by atoms with van der Waals surface area (Å²) in [5.41, 5.74) is -0.0128. The first-order chi connectivity index (χ1) is 8.13. The highest BCUT2D eigenvalue weighted by Crippen LogP contribution is 2.28. The summed E-state index contributed by atoms with van der Waals surface area (Å²) in [6.07, 6.45) is 5.10. The van der Waals surface area contributed by atoms with Gasteiger partial charge in [0.15, 0.2) is 0 Å². The molecule has 2 saturated heterocycles. The lowest BCUT2D eigenvalue weighted by Crippen LogP contribution is -2.54. The van der Waals surface area contributed by atoms with Gasteiger partial charge in [0.05, 0.1) is 11.6 Å². The third-order valence-electron chi connectivity index (χ3n) is 4.07. The lowest BCUT2D eigenvalue weighted by atomic mass is 9.89. The van der Waals surface area contributed by atoms with Gasteiger partial charge in [-0.05, 0) is 39.0 Å². The Morgan fingerprint density at radius 1 is 1.53 bits per heavy atom. The molecule has 3 atom stereocenters. The van der Waals surface area contributed by atoms with Crippen molar-refractivity contribution in [3.63, 3.8) is 0 Å². The van der Waals surface area contributed by atoms with E-state index >= 15 is 0 Å². The van der Waals surface area contributed by atoms with Crippen molar-refractivity contribution in [1.29, 1.82) is 0 Å². The van der Waals surface area contributed by atoms with Gasteiger partial charge in [-0.3, -0.25) is 4.79 Å². The number of amides is 1. The number of hydrogen-bond acceptors (Lipinski definition) is 3. The van der Waals surface area contributed by atoms with Gasteiger partial charge in [-0.15, -0.1) is 0 Å². The van der Waals surface area contributed by atoms with Crippen LogP contribution in [0.15, 0.2) is 0 Å². The van der Waals surface area contributed by atoms with E-state index in [1.165, 1.54) is 0 Å². The van der Waals surface area contributed by atoms with Gasteiger partial charge in [-0.25, -0.2) is 0 Å². The molecule has 2 N–H and O–H groups in total. The lowest BCUT2D eigenvalue weighted by Gasteiger charge is -2.39. The van der Waals surface area contributed by atoms with Crippen LogP contribution in [-0.2, 0) is 9.53 Å². The summed E-state index contributed by atoms with van der Waals surface area (Å²) in [5.74, 6) is 0.168. The molecule has 0 saturated carbocycles. The predicted octanol–water partition coefficient (Wildman–Crippen LogP) is 1.20. The minimum atomic E-state index is -0.0128. The smallest absolute Gasteiger partial charge is 0.237 e. The molecular formula is C13H24N2O2. The number of nitrogens with one attached hydrogen (secondary N) is 2. The van der Waals surface area contributed by atoms with E-state index in [0.717, 1.165) is 45.3 Å². The van der Waals surface area contributed by atoms with Crippen molar-refractivity contribution in [2.45, 2.75) is 63.6 Å². The zero-order valence-electron chi connectivity index (χ0n) is 10.9. The standard InChI is InChI=1S/C13H24N2O2/c1-3-13(2)9-10(6-8-17-13)15-11-5-4-7-14-12(11)16/h10-11,15H,3-9H2,1-2H3,(H,14,16). The molecule has 3 unspecified atom stereocenters. The summed E-state index contributed by atoms with van der Waals surface area (Å²) in [7, 11) is 0. The van der Waals surface area contributed by atoms with Crippen molar-refractivity contribution >= 4 is 5.91 Å². The zero-order chi connectivity index (χ0) is 12.3. The van der Waals surface area contributed by atoms with Crippen LogP contribution < -0.4 is 10.6 Å². The molecule has 2 fully saturated rings. The minimum absolute atomic E-state index is 0.00737. The maximum absolute atomic E-state index is 11.7. The third kappa shape index (κ3) is 3.19. The number of carbonyl (C=O) groups is 1. The number of carbonyl (C=O) groups excluding carboxylic acids is 1. The molecule has 2 aliphatic heterocycles. The molecule has 0 spiro atoms. The van der Waals surface area contributed by atoms with E-state index in [-0.39, 0.29) is 17.6 Å². The molecule has 0 aliphatic carbocycles. The lowest BCUT2D eigenvalue weighted by molar-refractivity contribution is -0.126. The molecule has 1 amide bonds. The second-order valence-electron chi connectivity index (χ2n) is 5.49. The largest absolute Gasteiger partial charge is 0.375 e. The Morgan fingerprint density at radius 3 is 3.06 bits per heavy atom. The van der Waals surface area contributed by atoms with Crippen LogP contribution in [0.1, 0.15) is 46.0 Å². The predicted molar refractivity (Wildman–Crippen MR) is 66.8 cm³/mol. The van der Waals surface area contributed by atoms with Crippen LogP contribution in [0, 0.1) is 0 Å². The van der Waals surface area contributed by atoms with Crippen molar-refractivity contribution in [2.75, 3.05) is 13.2 Å². The van der Waals surface area contributed by atoms with Crippen LogP contribution in [0.4, 0.5) is 0 Å². The van der Waals surface area contributed by atoms with Crippen LogP contribution in [0.2, 0.25) is 0 Å². The number of piperidine rings is 1. The minimum Gasteiger partial charge on any atom is -0.375 e. The molecule has 0 aromatic rings. The van der Waals surface area contributed by atoms with E-state index in [9.17, 15) is 4.79 Å². The Morgan fingerprint density at radius 2 is 2.35 bits per heavy atom. The molecule has 0 bridgehead atoms. The van der Waals surface area contributed by atoms with Crippen LogP contribution in [0.5, 0.6) is 0 Å². The highest BCUT2D eigenvalue weighted by molar-refractivity contribution is 5.82. The van der Waals surface area contributed by atoms with Crippen LogP contribution in [-0.4, -0.2) is 36.7 Å². The van der Waals surface area contributed by atoms with E-state index < -0.39 is 0 Å². The maximum atomic E-state index is 11.7. The fourth-order valence-electron chi connectivity index (χ4n) is 2.73. The molecule has 0 aromatic heterocycles. The van der Waals surface area contributed by atoms with Gasteiger partial charge in [-0.1, -0.05) is 6.92 Å². The van der Waals surface area contributed by atoms with E-state index in [1.54, 1.807) is 0 Å². The average molecular weight is 240 g/mol. The Balaban J connectivity index is 1.87. The van der Waals surface area contributed by atoms with Gasteiger partial charge in [0.2, 0.25) is 5.91 Å². The molecule has 17 heavy (non-hydrogen) atoms. The van der Waals surface area contributed by atoms with Crippen molar-refractivity contribution in [1.82, 2.24) is 10.6 Å². The zero-order valence-corrected chi connectivity index (χ0v) is 10.9. The van der Waals surface area contributed by atoms with Crippen LogP contribution in [0.25, 0.3) is 0 Å². The molecule has 4 heteroatoms. The van der Waals surface area contributed by atoms with E-state index in [4.69, 9.17) is 4.74 Å². The van der Waals surface area contributed by atoms with E-state index in [0.29, 0.717) is 6.04 Å². The van der Waals surface area contributed by atoms with Gasteiger partial charge in [0, 0.05) is 19.2 Å². The van der Waals surface area contributed by atoms with Gasteiger partial charge >= 0.3 is 0 Å².